The van der Waals surface area contributed by atoms with E-state index >= 15 is 0 Å². The predicted octanol–water partition coefficient (Wildman–Crippen LogP) is 3.88. The summed E-state index contributed by atoms with van der Waals surface area (Å²) in [7, 11) is 2.09. The van der Waals surface area contributed by atoms with Crippen molar-refractivity contribution in [1.82, 2.24) is 4.98 Å². The fraction of sp³-hybridized carbons (Fsp3) is 0.400. The van der Waals surface area contributed by atoms with Crippen LogP contribution in [0, 0.1) is 0 Å². The molecule has 2 aromatic rings. The monoisotopic (exact) mass is 351 g/mol. The summed E-state index contributed by atoms with van der Waals surface area (Å²) in [5, 5.41) is 1.07. The second-order valence-electron chi connectivity index (χ2n) is 5.25. The van der Waals surface area contributed by atoms with Gasteiger partial charge in [0.05, 0.1) is 5.69 Å². The lowest BCUT2D eigenvalue weighted by Crippen LogP contribution is -2.18. The first-order chi connectivity index (χ1) is 9.65. The van der Waals surface area contributed by atoms with E-state index < -0.39 is 0 Å². The topological polar surface area (TPSA) is 42.2 Å². The van der Waals surface area contributed by atoms with E-state index in [0.29, 0.717) is 0 Å². The molecule has 0 saturated carbocycles. The molecule has 1 heterocycles. The maximum Gasteiger partial charge on any atom is 0.185 e. The van der Waals surface area contributed by atoms with Gasteiger partial charge in [0.2, 0.25) is 0 Å². The summed E-state index contributed by atoms with van der Waals surface area (Å²) in [6, 6.07) is 8.44. The van der Waals surface area contributed by atoms with Gasteiger partial charge in [-0.2, -0.15) is 0 Å². The normalized spacial score (nSPS) is 17.9. The number of aryl methyl sites for hydroxylation is 1. The van der Waals surface area contributed by atoms with E-state index in [0.717, 1.165) is 34.7 Å². The van der Waals surface area contributed by atoms with Gasteiger partial charge in [0.25, 0.3) is 0 Å². The minimum atomic E-state index is 0.126. The number of nitrogens with two attached hydrogens (primary N) is 1. The molecule has 3 rings (SSSR count). The van der Waals surface area contributed by atoms with Crippen LogP contribution in [0.25, 0.3) is 0 Å². The smallest absolute Gasteiger partial charge is 0.185 e. The highest BCUT2D eigenvalue weighted by atomic mass is 79.9. The van der Waals surface area contributed by atoms with Gasteiger partial charge in [-0.3, -0.25) is 0 Å². The SMILES string of the molecule is CN(Cc1ccccc1Br)c1nc2c(s1)CCCC2N. The first-order valence-electron chi connectivity index (χ1n) is 6.85. The molecule has 0 radical (unpaired) electrons. The maximum atomic E-state index is 6.15. The fourth-order valence-corrected chi connectivity index (χ4v) is 4.09. The van der Waals surface area contributed by atoms with Crippen LogP contribution in [-0.4, -0.2) is 12.0 Å². The summed E-state index contributed by atoms with van der Waals surface area (Å²) >= 11 is 5.39. The van der Waals surface area contributed by atoms with Gasteiger partial charge in [0.15, 0.2) is 5.13 Å². The molecule has 1 aliphatic rings. The molecule has 0 aliphatic heterocycles. The Morgan fingerprint density at radius 3 is 3.00 bits per heavy atom. The van der Waals surface area contributed by atoms with Crippen molar-refractivity contribution in [1.29, 1.82) is 0 Å². The summed E-state index contributed by atoms with van der Waals surface area (Å²) in [4.78, 5) is 8.34. The molecule has 5 heteroatoms. The average molecular weight is 352 g/mol. The molecule has 0 spiro atoms. The number of hydrogen-bond acceptors (Lipinski definition) is 4. The van der Waals surface area contributed by atoms with Crippen LogP contribution >= 0.6 is 27.3 Å². The maximum absolute atomic E-state index is 6.15. The number of benzene rings is 1. The zero-order valence-corrected chi connectivity index (χ0v) is 13.9. The minimum absolute atomic E-state index is 0.126. The van der Waals surface area contributed by atoms with Crippen LogP contribution in [0.15, 0.2) is 28.7 Å². The van der Waals surface area contributed by atoms with Crippen LogP contribution in [0.5, 0.6) is 0 Å². The first-order valence-corrected chi connectivity index (χ1v) is 8.46. The van der Waals surface area contributed by atoms with Crippen LogP contribution in [-0.2, 0) is 13.0 Å². The summed E-state index contributed by atoms with van der Waals surface area (Å²) in [5.74, 6) is 0. The molecule has 0 bridgehead atoms. The molecule has 0 fully saturated rings. The second kappa shape index (κ2) is 5.84. The zero-order chi connectivity index (χ0) is 14.1. The summed E-state index contributed by atoms with van der Waals surface area (Å²) < 4.78 is 1.14. The van der Waals surface area contributed by atoms with Gasteiger partial charge >= 0.3 is 0 Å². The van der Waals surface area contributed by atoms with Gasteiger partial charge < -0.3 is 10.6 Å². The predicted molar refractivity (Wildman–Crippen MR) is 88.2 cm³/mol. The van der Waals surface area contributed by atoms with E-state index in [2.05, 4.69) is 46.1 Å². The van der Waals surface area contributed by atoms with Gasteiger partial charge in [-0.15, -0.1) is 11.3 Å². The lowest BCUT2D eigenvalue weighted by Gasteiger charge is -2.17. The number of thiazole rings is 1. The van der Waals surface area contributed by atoms with Crippen LogP contribution in [0.2, 0.25) is 0 Å². The van der Waals surface area contributed by atoms with Crippen molar-refractivity contribution in [2.45, 2.75) is 31.8 Å². The number of nitrogens with zero attached hydrogens (tertiary/aromatic N) is 2. The van der Waals surface area contributed by atoms with Gasteiger partial charge in [0.1, 0.15) is 0 Å². The average Bonchev–Trinajstić information content (AvgIpc) is 2.87. The third-order valence-electron chi connectivity index (χ3n) is 3.68. The third-order valence-corrected chi connectivity index (χ3v) is 5.70. The molecular formula is C15H18BrN3S. The van der Waals surface area contributed by atoms with Crippen molar-refractivity contribution in [3.63, 3.8) is 0 Å². The highest BCUT2D eigenvalue weighted by Crippen LogP contribution is 2.35. The van der Waals surface area contributed by atoms with Crippen molar-refractivity contribution in [3.05, 3.63) is 44.9 Å². The fourth-order valence-electron chi connectivity index (χ4n) is 2.55. The zero-order valence-electron chi connectivity index (χ0n) is 11.5. The molecule has 20 heavy (non-hydrogen) atoms. The Morgan fingerprint density at radius 2 is 2.25 bits per heavy atom. The number of aromatic nitrogens is 1. The lowest BCUT2D eigenvalue weighted by atomic mass is 9.99. The van der Waals surface area contributed by atoms with E-state index in [1.165, 1.54) is 16.9 Å². The summed E-state index contributed by atoms with van der Waals surface area (Å²) in [5.41, 5.74) is 8.55. The molecular weight excluding hydrogens is 334 g/mol. The van der Waals surface area contributed by atoms with Crippen LogP contribution in [0.4, 0.5) is 5.13 Å². The number of anilines is 1. The Morgan fingerprint density at radius 1 is 1.45 bits per heavy atom. The van der Waals surface area contributed by atoms with E-state index in [1.807, 2.05) is 6.07 Å². The number of halogens is 1. The molecule has 1 unspecified atom stereocenters. The molecule has 2 N–H and O–H groups in total. The van der Waals surface area contributed by atoms with Gasteiger partial charge in [-0.05, 0) is 30.9 Å². The number of hydrogen-bond donors (Lipinski definition) is 1. The van der Waals surface area contributed by atoms with E-state index in [-0.39, 0.29) is 6.04 Å². The lowest BCUT2D eigenvalue weighted by molar-refractivity contribution is 0.563. The number of rotatable bonds is 3. The Labute approximate surface area is 131 Å². The second-order valence-corrected chi connectivity index (χ2v) is 7.17. The van der Waals surface area contributed by atoms with Crippen molar-refractivity contribution in [3.8, 4) is 0 Å². The van der Waals surface area contributed by atoms with Crippen molar-refractivity contribution in [2.75, 3.05) is 11.9 Å². The molecule has 1 atom stereocenters. The van der Waals surface area contributed by atoms with Gasteiger partial charge in [-0.25, -0.2) is 4.98 Å². The van der Waals surface area contributed by atoms with Crippen LogP contribution < -0.4 is 10.6 Å². The van der Waals surface area contributed by atoms with Gasteiger partial charge in [-0.1, -0.05) is 34.1 Å². The molecule has 1 aliphatic carbocycles. The summed E-state index contributed by atoms with van der Waals surface area (Å²) in [6.07, 6.45) is 3.37. The molecule has 3 nitrogen and oxygen atoms in total. The van der Waals surface area contributed by atoms with Crippen molar-refractivity contribution in [2.24, 2.45) is 5.73 Å². The first kappa shape index (κ1) is 14.0. The Bertz CT molecular complexity index is 611. The van der Waals surface area contributed by atoms with Crippen LogP contribution in [0.3, 0.4) is 0 Å². The minimum Gasteiger partial charge on any atom is -0.347 e. The molecule has 1 aromatic carbocycles. The standard InChI is InChI=1S/C15H18BrN3S/c1-19(9-10-5-2-3-6-11(10)16)15-18-14-12(17)7-4-8-13(14)20-15/h2-3,5-6,12H,4,7-9,17H2,1H3. The van der Waals surface area contributed by atoms with Crippen LogP contribution in [0.1, 0.15) is 35.0 Å². The largest absolute Gasteiger partial charge is 0.347 e. The van der Waals surface area contributed by atoms with E-state index in [9.17, 15) is 0 Å². The summed E-state index contributed by atoms with van der Waals surface area (Å²) in [6.45, 7) is 0.850. The molecule has 0 saturated heterocycles. The van der Waals surface area contributed by atoms with E-state index in [4.69, 9.17) is 10.7 Å². The number of fused-ring (bicyclic) bond motifs is 1. The molecule has 1 aromatic heterocycles. The van der Waals surface area contributed by atoms with Crippen molar-refractivity contribution < 1.29 is 0 Å². The highest BCUT2D eigenvalue weighted by Gasteiger charge is 2.23. The quantitative estimate of drug-likeness (QED) is 0.912. The molecule has 0 amide bonds. The van der Waals surface area contributed by atoms with Gasteiger partial charge in [0, 0.05) is 29.0 Å². The van der Waals surface area contributed by atoms with Crippen molar-refractivity contribution >= 4 is 32.4 Å². The third kappa shape index (κ3) is 2.75. The Balaban J connectivity index is 1.81. The van der Waals surface area contributed by atoms with E-state index in [1.54, 1.807) is 11.3 Å². The highest BCUT2D eigenvalue weighted by molar-refractivity contribution is 9.10. The Kier molecular flexibility index (Phi) is 4.10. The molecule has 106 valence electrons. The Hall–Kier alpha value is -0.910.